The van der Waals surface area contributed by atoms with Crippen LogP contribution in [0.15, 0.2) is 53.9 Å². The van der Waals surface area contributed by atoms with E-state index in [1.165, 1.54) is 11.3 Å². The third-order valence-electron chi connectivity index (χ3n) is 3.49. The minimum absolute atomic E-state index is 0.103. The number of aromatic nitrogens is 1. The summed E-state index contributed by atoms with van der Waals surface area (Å²) in [5.74, 6) is 0.348. The number of rotatable bonds is 5. The highest BCUT2D eigenvalue weighted by molar-refractivity contribution is 7.13. The molecule has 2 aromatic carbocycles. The van der Waals surface area contributed by atoms with Crippen LogP contribution in [0, 0.1) is 11.3 Å². The third kappa shape index (κ3) is 4.03. The minimum Gasteiger partial charge on any atom is -0.497 e. The lowest BCUT2D eigenvalue weighted by molar-refractivity contribution is 0.0468. The van der Waals surface area contributed by atoms with Crippen molar-refractivity contribution in [3.05, 3.63) is 70.7 Å². The van der Waals surface area contributed by atoms with Gasteiger partial charge >= 0.3 is 5.97 Å². The molecule has 0 atom stereocenters. The zero-order valence-electron chi connectivity index (χ0n) is 13.4. The number of carbonyl (C=O) groups excluding carboxylic acids is 1. The number of esters is 1. The van der Waals surface area contributed by atoms with E-state index in [-0.39, 0.29) is 6.61 Å². The van der Waals surface area contributed by atoms with E-state index < -0.39 is 5.97 Å². The van der Waals surface area contributed by atoms with Gasteiger partial charge in [0, 0.05) is 10.9 Å². The zero-order valence-corrected chi connectivity index (χ0v) is 14.2. The second-order valence-corrected chi connectivity index (χ2v) is 6.00. The minimum atomic E-state index is -0.441. The van der Waals surface area contributed by atoms with Crippen molar-refractivity contribution in [2.45, 2.75) is 6.61 Å². The van der Waals surface area contributed by atoms with Gasteiger partial charge in [0.2, 0.25) is 0 Å². The average Bonchev–Trinajstić information content (AvgIpc) is 3.15. The molecule has 0 aliphatic heterocycles. The van der Waals surface area contributed by atoms with Gasteiger partial charge in [0.25, 0.3) is 0 Å². The van der Waals surface area contributed by atoms with Crippen molar-refractivity contribution in [1.29, 1.82) is 5.26 Å². The first kappa shape index (κ1) is 16.7. The second kappa shape index (κ2) is 7.60. The summed E-state index contributed by atoms with van der Waals surface area (Å²) in [6, 6.07) is 15.9. The van der Waals surface area contributed by atoms with Gasteiger partial charge in [-0.25, -0.2) is 9.78 Å². The molecule has 0 amide bonds. The van der Waals surface area contributed by atoms with Crippen LogP contribution in [-0.4, -0.2) is 18.1 Å². The Kier molecular flexibility index (Phi) is 5.07. The Morgan fingerprint density at radius 3 is 2.52 bits per heavy atom. The van der Waals surface area contributed by atoms with E-state index in [2.05, 4.69) is 4.98 Å². The number of hydrogen-bond acceptors (Lipinski definition) is 6. The van der Waals surface area contributed by atoms with Crippen molar-refractivity contribution < 1.29 is 14.3 Å². The Morgan fingerprint density at radius 2 is 1.88 bits per heavy atom. The van der Waals surface area contributed by atoms with Crippen LogP contribution in [0.3, 0.4) is 0 Å². The van der Waals surface area contributed by atoms with Gasteiger partial charge in [-0.1, -0.05) is 0 Å². The van der Waals surface area contributed by atoms with E-state index in [0.717, 1.165) is 16.3 Å². The number of ether oxygens (including phenoxy) is 2. The van der Waals surface area contributed by atoms with Crippen LogP contribution in [0.5, 0.6) is 5.75 Å². The van der Waals surface area contributed by atoms with Crippen molar-refractivity contribution in [1.82, 2.24) is 4.98 Å². The largest absolute Gasteiger partial charge is 0.497 e. The van der Waals surface area contributed by atoms with Gasteiger partial charge in [-0.15, -0.1) is 11.3 Å². The smallest absolute Gasteiger partial charge is 0.338 e. The van der Waals surface area contributed by atoms with Crippen LogP contribution < -0.4 is 4.74 Å². The van der Waals surface area contributed by atoms with Gasteiger partial charge in [0.05, 0.1) is 30.0 Å². The lowest BCUT2D eigenvalue weighted by Crippen LogP contribution is -2.05. The van der Waals surface area contributed by atoms with Gasteiger partial charge in [0.1, 0.15) is 17.4 Å². The van der Waals surface area contributed by atoms with Gasteiger partial charge in [-0.3, -0.25) is 0 Å². The number of nitrogens with zero attached hydrogens (tertiary/aromatic N) is 2. The molecule has 3 rings (SSSR count). The van der Waals surface area contributed by atoms with Gasteiger partial charge in [-0.05, 0) is 48.5 Å². The molecule has 124 valence electrons. The number of methoxy groups -OCH3 is 1. The summed E-state index contributed by atoms with van der Waals surface area (Å²) < 4.78 is 10.4. The molecule has 0 saturated carbocycles. The topological polar surface area (TPSA) is 72.2 Å². The Labute approximate surface area is 149 Å². The molecule has 3 aromatic rings. The molecule has 0 spiro atoms. The highest BCUT2D eigenvalue weighted by atomic mass is 32.1. The van der Waals surface area contributed by atoms with E-state index in [9.17, 15) is 4.79 Å². The molecule has 0 saturated heterocycles. The summed E-state index contributed by atoms with van der Waals surface area (Å²) in [7, 11) is 1.62. The molecule has 5 nitrogen and oxygen atoms in total. The first-order valence-electron chi connectivity index (χ1n) is 7.45. The number of thiazole rings is 1. The van der Waals surface area contributed by atoms with E-state index in [0.29, 0.717) is 16.8 Å². The van der Waals surface area contributed by atoms with Crippen LogP contribution in [0.2, 0.25) is 0 Å². The van der Waals surface area contributed by atoms with Crippen molar-refractivity contribution in [2.24, 2.45) is 0 Å². The van der Waals surface area contributed by atoms with Crippen molar-refractivity contribution in [3.8, 4) is 22.4 Å². The summed E-state index contributed by atoms with van der Waals surface area (Å²) in [6.07, 6.45) is 0. The van der Waals surface area contributed by atoms with E-state index in [1.807, 2.05) is 35.7 Å². The van der Waals surface area contributed by atoms with Crippen LogP contribution >= 0.6 is 11.3 Å². The fourth-order valence-electron chi connectivity index (χ4n) is 2.14. The van der Waals surface area contributed by atoms with Crippen molar-refractivity contribution >= 4 is 17.3 Å². The summed E-state index contributed by atoms with van der Waals surface area (Å²) in [4.78, 5) is 16.5. The number of hydrogen-bond donors (Lipinski definition) is 0. The number of nitriles is 1. The van der Waals surface area contributed by atoms with Crippen LogP contribution in [0.1, 0.15) is 21.6 Å². The predicted octanol–water partition coefficient (Wildman–Crippen LogP) is 4.05. The van der Waals surface area contributed by atoms with Gasteiger partial charge in [-0.2, -0.15) is 5.26 Å². The number of carbonyl (C=O) groups is 1. The summed E-state index contributed by atoms with van der Waals surface area (Å²) in [6.45, 7) is 0.103. The van der Waals surface area contributed by atoms with E-state index in [4.69, 9.17) is 14.7 Å². The zero-order chi connectivity index (χ0) is 17.6. The fraction of sp³-hybridized carbons (Fsp3) is 0.105. The fourth-order valence-corrected chi connectivity index (χ4v) is 2.95. The van der Waals surface area contributed by atoms with Crippen LogP contribution in [0.25, 0.3) is 10.6 Å². The van der Waals surface area contributed by atoms with Crippen LogP contribution in [0.4, 0.5) is 0 Å². The molecule has 0 fully saturated rings. The molecule has 25 heavy (non-hydrogen) atoms. The van der Waals surface area contributed by atoms with Crippen molar-refractivity contribution in [3.63, 3.8) is 0 Å². The molecule has 0 aliphatic rings. The molecule has 0 radical (unpaired) electrons. The first-order chi connectivity index (χ1) is 12.2. The Balaban J connectivity index is 1.62. The molecule has 0 N–H and O–H groups in total. The highest BCUT2D eigenvalue weighted by Crippen LogP contribution is 2.26. The molecule has 0 bridgehead atoms. The SMILES string of the molecule is COc1ccc(-c2nc(COC(=O)c3ccc(C#N)cc3)cs2)cc1. The molecule has 1 aromatic heterocycles. The van der Waals surface area contributed by atoms with Gasteiger partial charge in [0.15, 0.2) is 0 Å². The summed E-state index contributed by atoms with van der Waals surface area (Å²) >= 11 is 1.49. The molecular formula is C19H14N2O3S. The molecular weight excluding hydrogens is 336 g/mol. The Morgan fingerprint density at radius 1 is 1.16 bits per heavy atom. The normalized spacial score (nSPS) is 10.1. The maximum Gasteiger partial charge on any atom is 0.338 e. The first-order valence-corrected chi connectivity index (χ1v) is 8.33. The number of benzene rings is 2. The molecule has 0 unspecified atom stereocenters. The summed E-state index contributed by atoms with van der Waals surface area (Å²) in [5.41, 5.74) is 2.58. The second-order valence-electron chi connectivity index (χ2n) is 5.14. The lowest BCUT2D eigenvalue weighted by Gasteiger charge is -2.03. The summed E-state index contributed by atoms with van der Waals surface area (Å²) in [5, 5.41) is 11.5. The average molecular weight is 350 g/mol. The molecule has 6 heteroatoms. The standard InChI is InChI=1S/C19H14N2O3S/c1-23-17-8-6-14(7-9-17)18-21-16(12-25-18)11-24-19(22)15-4-2-13(10-20)3-5-15/h2-9,12H,11H2,1H3. The maximum absolute atomic E-state index is 12.0. The van der Waals surface area contributed by atoms with Crippen molar-refractivity contribution in [2.75, 3.05) is 7.11 Å². The quantitative estimate of drug-likeness (QED) is 0.649. The molecule has 0 aliphatic carbocycles. The lowest BCUT2D eigenvalue weighted by atomic mass is 10.1. The van der Waals surface area contributed by atoms with E-state index >= 15 is 0 Å². The maximum atomic E-state index is 12.0. The highest BCUT2D eigenvalue weighted by Gasteiger charge is 2.10. The monoisotopic (exact) mass is 350 g/mol. The molecule has 1 heterocycles. The predicted molar refractivity (Wildman–Crippen MR) is 94.4 cm³/mol. The third-order valence-corrected chi connectivity index (χ3v) is 4.43. The van der Waals surface area contributed by atoms with Gasteiger partial charge < -0.3 is 9.47 Å². The van der Waals surface area contributed by atoms with Crippen LogP contribution in [-0.2, 0) is 11.3 Å². The Bertz CT molecular complexity index is 909. The van der Waals surface area contributed by atoms with E-state index in [1.54, 1.807) is 31.4 Å². The Hall–Kier alpha value is -3.17.